The molecule has 0 spiro atoms. The molecule has 4 rings (SSSR count). The first-order chi connectivity index (χ1) is 18.1. The van der Waals surface area contributed by atoms with Crippen LogP contribution in [0.2, 0.25) is 0 Å². The molecule has 38 heavy (non-hydrogen) atoms. The number of thioether (sulfide) groups is 1. The number of benzene rings is 2. The molecule has 1 atom stereocenters. The van der Waals surface area contributed by atoms with E-state index in [0.29, 0.717) is 10.6 Å². The van der Waals surface area contributed by atoms with Gasteiger partial charge in [-0.1, -0.05) is 11.8 Å². The maximum absolute atomic E-state index is 13.1. The molecular weight excluding hydrogens is 509 g/mol. The van der Waals surface area contributed by atoms with E-state index in [-0.39, 0.29) is 23.2 Å². The highest BCUT2D eigenvalue weighted by molar-refractivity contribution is 8.00. The number of ether oxygens (including phenoxy) is 1. The van der Waals surface area contributed by atoms with Crippen LogP contribution in [0.5, 0.6) is 0 Å². The van der Waals surface area contributed by atoms with Crippen LogP contribution in [0.15, 0.2) is 53.6 Å². The maximum atomic E-state index is 13.1. The Labute approximate surface area is 222 Å². The number of rotatable bonds is 7. The lowest BCUT2D eigenvalue weighted by atomic mass is 10.1. The lowest BCUT2D eigenvalue weighted by Gasteiger charge is -2.16. The zero-order valence-electron chi connectivity index (χ0n) is 20.8. The standard InChI is InChI=1S/C28H22FN3O5S/c1-15-16(2)22(13-30)26(31-17(15)3)38-24-12-25(34)32(27(24)35)21-10-6-19(7-11-21)28(36)37-14-23(33)18-4-8-20(29)9-5-18/h4-11,24H,12,14H2,1-3H3. The molecule has 0 bridgehead atoms. The number of amides is 2. The molecule has 1 saturated heterocycles. The van der Waals surface area contributed by atoms with Crippen molar-refractivity contribution in [3.05, 3.63) is 87.9 Å². The molecule has 0 radical (unpaired) electrons. The Kier molecular flexibility index (Phi) is 7.69. The first kappa shape index (κ1) is 26.7. The average Bonchev–Trinajstić information content (AvgIpc) is 3.18. The Morgan fingerprint density at radius 3 is 2.32 bits per heavy atom. The third-order valence-electron chi connectivity index (χ3n) is 6.30. The van der Waals surface area contributed by atoms with Crippen molar-refractivity contribution in [1.82, 2.24) is 4.98 Å². The molecule has 10 heteroatoms. The monoisotopic (exact) mass is 531 g/mol. The number of aromatic nitrogens is 1. The summed E-state index contributed by atoms with van der Waals surface area (Å²) in [4.78, 5) is 55.9. The number of hydrogen-bond donors (Lipinski definition) is 0. The first-order valence-electron chi connectivity index (χ1n) is 11.6. The summed E-state index contributed by atoms with van der Waals surface area (Å²) in [5.74, 6) is -2.59. The van der Waals surface area contributed by atoms with E-state index in [1.807, 2.05) is 20.8 Å². The van der Waals surface area contributed by atoms with Gasteiger partial charge in [0.1, 0.15) is 16.9 Å². The normalized spacial score (nSPS) is 14.9. The fourth-order valence-corrected chi connectivity index (χ4v) is 5.12. The summed E-state index contributed by atoms with van der Waals surface area (Å²) in [6.45, 7) is 5.01. The summed E-state index contributed by atoms with van der Waals surface area (Å²) in [5.41, 5.74) is 3.45. The van der Waals surface area contributed by atoms with E-state index >= 15 is 0 Å². The van der Waals surface area contributed by atoms with E-state index in [1.165, 1.54) is 36.4 Å². The quantitative estimate of drug-likeness (QED) is 0.249. The average molecular weight is 532 g/mol. The number of nitriles is 1. The molecule has 0 N–H and O–H groups in total. The van der Waals surface area contributed by atoms with Gasteiger partial charge in [-0.2, -0.15) is 5.26 Å². The Morgan fingerprint density at radius 1 is 1.05 bits per heavy atom. The van der Waals surface area contributed by atoms with Gasteiger partial charge in [0.25, 0.3) is 0 Å². The number of esters is 1. The minimum absolute atomic E-state index is 0.0582. The molecule has 0 aliphatic carbocycles. The number of carbonyl (C=O) groups is 4. The number of nitrogens with zero attached hydrogens (tertiary/aromatic N) is 3. The summed E-state index contributed by atoms with van der Waals surface area (Å²) >= 11 is 1.09. The number of carbonyl (C=O) groups excluding carboxylic acids is 4. The summed E-state index contributed by atoms with van der Waals surface area (Å²) in [7, 11) is 0. The number of aryl methyl sites for hydroxylation is 1. The molecule has 8 nitrogen and oxygen atoms in total. The van der Waals surface area contributed by atoms with Crippen molar-refractivity contribution in [3.8, 4) is 6.07 Å². The Morgan fingerprint density at radius 2 is 1.68 bits per heavy atom. The number of halogens is 1. The second-order valence-corrected chi connectivity index (χ2v) is 9.86. The molecule has 2 heterocycles. The van der Waals surface area contributed by atoms with E-state index in [4.69, 9.17) is 4.74 Å². The van der Waals surface area contributed by atoms with E-state index in [0.717, 1.165) is 45.6 Å². The smallest absolute Gasteiger partial charge is 0.338 e. The zero-order valence-corrected chi connectivity index (χ0v) is 21.6. The molecule has 1 aliphatic rings. The van der Waals surface area contributed by atoms with Gasteiger partial charge in [-0.15, -0.1) is 0 Å². The molecular formula is C28H22FN3O5S. The van der Waals surface area contributed by atoms with E-state index in [9.17, 15) is 28.8 Å². The van der Waals surface area contributed by atoms with E-state index in [2.05, 4.69) is 11.1 Å². The molecule has 1 aliphatic heterocycles. The zero-order chi connectivity index (χ0) is 27.6. The van der Waals surface area contributed by atoms with Crippen molar-refractivity contribution in [2.75, 3.05) is 11.5 Å². The highest BCUT2D eigenvalue weighted by Crippen LogP contribution is 2.36. The minimum Gasteiger partial charge on any atom is -0.454 e. The second-order valence-electron chi connectivity index (χ2n) is 8.67. The number of hydrogen-bond acceptors (Lipinski definition) is 8. The molecule has 0 saturated carbocycles. The number of Topliss-reactive ketones (excluding diaryl/α,β-unsaturated/α-hetero) is 1. The molecule has 1 aromatic heterocycles. The van der Waals surface area contributed by atoms with Crippen molar-refractivity contribution in [2.24, 2.45) is 0 Å². The highest BCUT2D eigenvalue weighted by atomic mass is 32.2. The predicted molar refractivity (Wildman–Crippen MR) is 137 cm³/mol. The molecule has 2 amide bonds. The fourth-order valence-electron chi connectivity index (χ4n) is 3.91. The molecule has 2 aromatic carbocycles. The molecule has 192 valence electrons. The molecule has 1 fully saturated rings. The lowest BCUT2D eigenvalue weighted by Crippen LogP contribution is -2.31. The van der Waals surface area contributed by atoms with Crippen molar-refractivity contribution < 1.29 is 28.3 Å². The van der Waals surface area contributed by atoms with Crippen LogP contribution in [-0.2, 0) is 14.3 Å². The lowest BCUT2D eigenvalue weighted by molar-refractivity contribution is -0.121. The van der Waals surface area contributed by atoms with E-state index < -0.39 is 41.2 Å². The van der Waals surface area contributed by atoms with Crippen LogP contribution in [0.1, 0.15) is 49.5 Å². The van der Waals surface area contributed by atoms with Gasteiger partial charge >= 0.3 is 5.97 Å². The van der Waals surface area contributed by atoms with Crippen molar-refractivity contribution in [1.29, 1.82) is 5.26 Å². The van der Waals surface area contributed by atoms with Gasteiger partial charge in [0.2, 0.25) is 11.8 Å². The van der Waals surface area contributed by atoms with Crippen LogP contribution in [0.4, 0.5) is 10.1 Å². The SMILES string of the molecule is Cc1nc(SC2CC(=O)N(c3ccc(C(=O)OCC(=O)c4ccc(F)cc4)cc3)C2=O)c(C#N)c(C)c1C. The summed E-state index contributed by atoms with van der Waals surface area (Å²) in [5, 5.41) is 9.27. The van der Waals surface area contributed by atoms with Gasteiger partial charge in [-0.05, 0) is 80.4 Å². The van der Waals surface area contributed by atoms with Crippen LogP contribution in [0.25, 0.3) is 0 Å². The van der Waals surface area contributed by atoms with Crippen LogP contribution in [0, 0.1) is 37.9 Å². The summed E-state index contributed by atoms with van der Waals surface area (Å²) < 4.78 is 18.1. The number of anilines is 1. The van der Waals surface area contributed by atoms with Crippen LogP contribution >= 0.6 is 11.8 Å². The maximum Gasteiger partial charge on any atom is 0.338 e. The Balaban J connectivity index is 1.43. The van der Waals surface area contributed by atoms with Crippen LogP contribution in [-0.4, -0.2) is 40.4 Å². The van der Waals surface area contributed by atoms with Gasteiger partial charge in [0, 0.05) is 17.7 Å². The first-order valence-corrected chi connectivity index (χ1v) is 12.5. The third kappa shape index (κ3) is 5.33. The second kappa shape index (κ2) is 10.9. The van der Waals surface area contributed by atoms with Gasteiger partial charge < -0.3 is 4.74 Å². The van der Waals surface area contributed by atoms with Crippen LogP contribution in [0.3, 0.4) is 0 Å². The topological polar surface area (TPSA) is 117 Å². The molecule has 1 unspecified atom stereocenters. The summed E-state index contributed by atoms with van der Waals surface area (Å²) in [6.07, 6.45) is -0.0582. The minimum atomic E-state index is -0.764. The number of ketones is 1. The Bertz CT molecular complexity index is 1500. The van der Waals surface area contributed by atoms with Gasteiger partial charge in [-0.25, -0.2) is 19.1 Å². The number of imide groups is 1. The summed E-state index contributed by atoms with van der Waals surface area (Å²) in [6, 6.07) is 12.7. The largest absolute Gasteiger partial charge is 0.454 e. The van der Waals surface area contributed by atoms with Gasteiger partial charge in [-0.3, -0.25) is 14.4 Å². The third-order valence-corrected chi connectivity index (χ3v) is 7.47. The molecule has 3 aromatic rings. The van der Waals surface area contributed by atoms with E-state index in [1.54, 1.807) is 0 Å². The van der Waals surface area contributed by atoms with Crippen LogP contribution < -0.4 is 4.90 Å². The van der Waals surface area contributed by atoms with Gasteiger partial charge in [0.05, 0.1) is 22.1 Å². The Hall–Kier alpha value is -4.36. The fraction of sp³-hybridized carbons (Fsp3) is 0.214. The van der Waals surface area contributed by atoms with Crippen molar-refractivity contribution in [3.63, 3.8) is 0 Å². The predicted octanol–water partition coefficient (Wildman–Crippen LogP) is 4.48. The highest BCUT2D eigenvalue weighted by Gasteiger charge is 2.41. The van der Waals surface area contributed by atoms with Gasteiger partial charge in [0.15, 0.2) is 12.4 Å². The van der Waals surface area contributed by atoms with Crippen molar-refractivity contribution >= 4 is 41.0 Å². The number of pyridine rings is 1. The van der Waals surface area contributed by atoms with Crippen molar-refractivity contribution in [2.45, 2.75) is 37.5 Å².